The minimum Gasteiger partial charge on any atom is -0.495 e. The number of methoxy groups -OCH3 is 1. The number of carbonyl (C=O) groups excluding carboxylic acids is 2. The molecule has 1 heterocycles. The van der Waals surface area contributed by atoms with Gasteiger partial charge in [-0.25, -0.2) is 0 Å². The minimum absolute atomic E-state index is 0.0109. The SMILES string of the molecule is COc1cc(NC2=CC(=O)N(CCO)C2=O)ccc1Br. The highest BCUT2D eigenvalue weighted by molar-refractivity contribution is 9.10. The Balaban J connectivity index is 2.17. The molecule has 0 unspecified atom stereocenters. The van der Waals surface area contributed by atoms with Gasteiger partial charge in [-0.05, 0) is 28.1 Å². The van der Waals surface area contributed by atoms with Gasteiger partial charge in [0.25, 0.3) is 11.8 Å². The van der Waals surface area contributed by atoms with Crippen molar-refractivity contribution >= 4 is 33.4 Å². The van der Waals surface area contributed by atoms with Crippen LogP contribution in [-0.4, -0.2) is 42.1 Å². The summed E-state index contributed by atoms with van der Waals surface area (Å²) in [7, 11) is 1.54. The van der Waals surface area contributed by atoms with Crippen molar-refractivity contribution in [3.8, 4) is 5.75 Å². The van der Waals surface area contributed by atoms with Gasteiger partial charge in [0.1, 0.15) is 11.4 Å². The third-order valence-corrected chi connectivity index (χ3v) is 3.42. The number of rotatable bonds is 5. The molecule has 6 nitrogen and oxygen atoms in total. The number of hydrogen-bond donors (Lipinski definition) is 2. The third kappa shape index (κ3) is 2.83. The van der Waals surface area contributed by atoms with E-state index in [1.807, 2.05) is 0 Å². The fourth-order valence-corrected chi connectivity index (χ4v) is 2.21. The van der Waals surface area contributed by atoms with Gasteiger partial charge in [0.15, 0.2) is 0 Å². The van der Waals surface area contributed by atoms with E-state index in [1.54, 1.807) is 18.2 Å². The van der Waals surface area contributed by atoms with Crippen LogP contribution in [-0.2, 0) is 9.59 Å². The summed E-state index contributed by atoms with van der Waals surface area (Å²) in [5, 5.41) is 11.7. The zero-order valence-corrected chi connectivity index (χ0v) is 12.3. The third-order valence-electron chi connectivity index (χ3n) is 2.76. The molecule has 2 amide bonds. The number of halogens is 1. The predicted molar refractivity (Wildman–Crippen MR) is 76.2 cm³/mol. The Morgan fingerprint density at radius 2 is 2.15 bits per heavy atom. The highest BCUT2D eigenvalue weighted by Crippen LogP contribution is 2.29. The van der Waals surface area contributed by atoms with E-state index >= 15 is 0 Å². The van der Waals surface area contributed by atoms with Crippen molar-refractivity contribution in [2.45, 2.75) is 0 Å². The molecule has 0 radical (unpaired) electrons. The number of aliphatic hydroxyl groups excluding tert-OH is 1. The lowest BCUT2D eigenvalue weighted by atomic mass is 10.3. The zero-order valence-electron chi connectivity index (χ0n) is 10.7. The van der Waals surface area contributed by atoms with E-state index in [9.17, 15) is 9.59 Å². The molecule has 0 bridgehead atoms. The number of nitrogens with one attached hydrogen (secondary N) is 1. The van der Waals surface area contributed by atoms with Crippen LogP contribution >= 0.6 is 15.9 Å². The van der Waals surface area contributed by atoms with E-state index in [4.69, 9.17) is 9.84 Å². The Morgan fingerprint density at radius 1 is 1.40 bits per heavy atom. The van der Waals surface area contributed by atoms with Crippen molar-refractivity contribution in [2.75, 3.05) is 25.6 Å². The smallest absolute Gasteiger partial charge is 0.277 e. The van der Waals surface area contributed by atoms with Gasteiger partial charge < -0.3 is 15.2 Å². The topological polar surface area (TPSA) is 78.9 Å². The van der Waals surface area contributed by atoms with Gasteiger partial charge in [0.05, 0.1) is 24.7 Å². The number of anilines is 1. The molecule has 0 spiro atoms. The van der Waals surface area contributed by atoms with Crippen molar-refractivity contribution in [1.82, 2.24) is 4.90 Å². The highest BCUT2D eigenvalue weighted by Gasteiger charge is 2.30. The van der Waals surface area contributed by atoms with Gasteiger partial charge in [-0.3, -0.25) is 14.5 Å². The van der Waals surface area contributed by atoms with Crippen LogP contribution < -0.4 is 10.1 Å². The number of nitrogens with zero attached hydrogens (tertiary/aromatic N) is 1. The van der Waals surface area contributed by atoms with Gasteiger partial charge in [0, 0.05) is 17.8 Å². The molecular formula is C13H13BrN2O4. The number of ether oxygens (including phenoxy) is 1. The van der Waals surface area contributed by atoms with E-state index in [2.05, 4.69) is 21.2 Å². The molecule has 1 aliphatic heterocycles. The average molecular weight is 341 g/mol. The average Bonchev–Trinajstić information content (AvgIpc) is 2.69. The van der Waals surface area contributed by atoms with Gasteiger partial charge >= 0.3 is 0 Å². The van der Waals surface area contributed by atoms with E-state index in [-0.39, 0.29) is 18.8 Å². The number of aliphatic hydroxyl groups is 1. The molecule has 0 aromatic heterocycles. The molecule has 1 aliphatic rings. The maximum Gasteiger partial charge on any atom is 0.277 e. The van der Waals surface area contributed by atoms with E-state index in [1.165, 1.54) is 13.2 Å². The number of benzene rings is 1. The molecule has 2 N–H and O–H groups in total. The zero-order chi connectivity index (χ0) is 14.7. The first-order valence-electron chi connectivity index (χ1n) is 5.85. The lowest BCUT2D eigenvalue weighted by Crippen LogP contribution is -2.34. The summed E-state index contributed by atoms with van der Waals surface area (Å²) in [5.74, 6) is -0.277. The first-order valence-corrected chi connectivity index (χ1v) is 6.65. The number of imide groups is 1. The molecule has 0 saturated carbocycles. The first-order chi connectivity index (χ1) is 9.56. The Kier molecular flexibility index (Phi) is 4.41. The molecule has 7 heteroatoms. The summed E-state index contributed by atoms with van der Waals surface area (Å²) in [5.41, 5.74) is 0.802. The Morgan fingerprint density at radius 3 is 2.80 bits per heavy atom. The van der Waals surface area contributed by atoms with Crippen LogP contribution in [0.5, 0.6) is 5.75 Å². The normalized spacial score (nSPS) is 14.6. The van der Waals surface area contributed by atoms with Crippen LogP contribution in [0.15, 0.2) is 34.4 Å². The van der Waals surface area contributed by atoms with Crippen molar-refractivity contribution < 1.29 is 19.4 Å². The predicted octanol–water partition coefficient (Wildman–Crippen LogP) is 1.11. The minimum atomic E-state index is -0.453. The molecule has 0 aliphatic carbocycles. The molecule has 2 rings (SSSR count). The summed E-state index contributed by atoms with van der Waals surface area (Å²) in [4.78, 5) is 24.5. The quantitative estimate of drug-likeness (QED) is 0.785. The van der Waals surface area contributed by atoms with Gasteiger partial charge in [-0.15, -0.1) is 0 Å². The van der Waals surface area contributed by atoms with Crippen molar-refractivity contribution in [3.63, 3.8) is 0 Å². The van der Waals surface area contributed by atoms with Crippen molar-refractivity contribution in [1.29, 1.82) is 0 Å². The Hall–Kier alpha value is -1.86. The second-order valence-corrected chi connectivity index (χ2v) is 4.91. The van der Waals surface area contributed by atoms with E-state index < -0.39 is 11.8 Å². The molecule has 106 valence electrons. The fraction of sp³-hybridized carbons (Fsp3) is 0.231. The number of β-amino-alcohol motifs (C(OH)–C–C–N with tert-alkyl or cyclic N) is 1. The van der Waals surface area contributed by atoms with Crippen molar-refractivity contribution in [3.05, 3.63) is 34.4 Å². The van der Waals surface area contributed by atoms with Gasteiger partial charge in [-0.2, -0.15) is 0 Å². The first kappa shape index (κ1) is 14.5. The summed E-state index contributed by atoms with van der Waals surface area (Å²) in [6.45, 7) is -0.270. The van der Waals surface area contributed by atoms with E-state index in [0.717, 1.165) is 9.37 Å². The fourth-order valence-electron chi connectivity index (χ4n) is 1.80. The van der Waals surface area contributed by atoms with Crippen LogP contribution in [0, 0.1) is 0 Å². The number of carbonyl (C=O) groups is 2. The van der Waals surface area contributed by atoms with Crippen LogP contribution in [0.4, 0.5) is 5.69 Å². The molecule has 0 fully saturated rings. The standard InChI is InChI=1S/C13H13BrN2O4/c1-20-11-6-8(2-3-9(11)14)15-10-7-12(18)16(4-5-17)13(10)19/h2-3,6-7,15,17H,4-5H2,1H3. The molecular weight excluding hydrogens is 328 g/mol. The molecule has 1 aromatic carbocycles. The molecule has 0 saturated heterocycles. The summed E-state index contributed by atoms with van der Waals surface area (Å²) in [6, 6.07) is 5.23. The van der Waals surface area contributed by atoms with Crippen LogP contribution in [0.3, 0.4) is 0 Å². The maximum absolute atomic E-state index is 12.0. The number of amides is 2. The number of hydrogen-bond acceptors (Lipinski definition) is 5. The maximum atomic E-state index is 12.0. The second kappa shape index (κ2) is 6.06. The van der Waals surface area contributed by atoms with Crippen LogP contribution in [0.2, 0.25) is 0 Å². The van der Waals surface area contributed by atoms with Gasteiger partial charge in [-0.1, -0.05) is 0 Å². The summed E-state index contributed by atoms with van der Waals surface area (Å²) >= 11 is 3.33. The lowest BCUT2D eigenvalue weighted by molar-refractivity contribution is -0.137. The van der Waals surface area contributed by atoms with Crippen LogP contribution in [0.1, 0.15) is 0 Å². The van der Waals surface area contributed by atoms with Crippen molar-refractivity contribution in [2.24, 2.45) is 0 Å². The van der Waals surface area contributed by atoms with Gasteiger partial charge in [0.2, 0.25) is 0 Å². The monoisotopic (exact) mass is 340 g/mol. The Labute approximate surface area is 124 Å². The molecule has 1 aromatic rings. The summed E-state index contributed by atoms with van der Waals surface area (Å²) < 4.78 is 5.94. The van der Waals surface area contributed by atoms with E-state index in [0.29, 0.717) is 11.4 Å². The van der Waals surface area contributed by atoms with Crippen LogP contribution in [0.25, 0.3) is 0 Å². The Bertz CT molecular complexity index is 586. The largest absolute Gasteiger partial charge is 0.495 e. The molecule has 0 atom stereocenters. The lowest BCUT2D eigenvalue weighted by Gasteiger charge is -2.14. The highest BCUT2D eigenvalue weighted by atomic mass is 79.9. The molecule has 20 heavy (non-hydrogen) atoms. The summed E-state index contributed by atoms with van der Waals surface area (Å²) in [6.07, 6.45) is 1.21. The second-order valence-electron chi connectivity index (χ2n) is 4.05.